The van der Waals surface area contributed by atoms with Crippen molar-refractivity contribution >= 4 is 11.6 Å². The van der Waals surface area contributed by atoms with E-state index in [0.717, 1.165) is 28.3 Å². The van der Waals surface area contributed by atoms with Crippen LogP contribution < -0.4 is 5.32 Å². The fourth-order valence-corrected chi connectivity index (χ4v) is 2.69. The first-order valence-corrected chi connectivity index (χ1v) is 7.69. The number of aryl methyl sites for hydroxylation is 2. The molecule has 120 valence electrons. The summed E-state index contributed by atoms with van der Waals surface area (Å²) in [6.45, 7) is 2.54. The van der Waals surface area contributed by atoms with E-state index in [1.54, 1.807) is 10.9 Å². The fourth-order valence-electron chi connectivity index (χ4n) is 2.69. The van der Waals surface area contributed by atoms with E-state index in [9.17, 15) is 0 Å². The molecule has 0 saturated heterocycles. The molecule has 4 heterocycles. The van der Waals surface area contributed by atoms with Crippen LogP contribution in [0, 0.1) is 6.92 Å². The van der Waals surface area contributed by atoms with Crippen LogP contribution in [0.5, 0.6) is 0 Å². The van der Waals surface area contributed by atoms with E-state index < -0.39 is 0 Å². The van der Waals surface area contributed by atoms with Crippen molar-refractivity contribution in [2.24, 2.45) is 7.05 Å². The van der Waals surface area contributed by atoms with E-state index in [2.05, 4.69) is 25.4 Å². The smallest absolute Gasteiger partial charge is 0.223 e. The van der Waals surface area contributed by atoms with Crippen LogP contribution >= 0.6 is 0 Å². The van der Waals surface area contributed by atoms with Crippen LogP contribution in [-0.4, -0.2) is 29.1 Å². The van der Waals surface area contributed by atoms with Crippen LogP contribution in [0.2, 0.25) is 0 Å². The van der Waals surface area contributed by atoms with Gasteiger partial charge in [0.15, 0.2) is 0 Å². The molecule has 0 spiro atoms. The topological polar surface area (TPSA) is 72.9 Å². The predicted octanol–water partition coefficient (Wildman–Crippen LogP) is 2.45. The summed E-state index contributed by atoms with van der Waals surface area (Å²) in [5, 5.41) is 7.59. The van der Waals surface area contributed by atoms with Crippen molar-refractivity contribution in [1.82, 2.24) is 29.1 Å². The first-order valence-electron chi connectivity index (χ1n) is 7.69. The summed E-state index contributed by atoms with van der Waals surface area (Å²) in [5.74, 6) is 0.577. The molecule has 0 bridgehead atoms. The summed E-state index contributed by atoms with van der Waals surface area (Å²) in [5.41, 5.74) is 4.67. The highest BCUT2D eigenvalue weighted by Gasteiger charge is 2.09. The summed E-state index contributed by atoms with van der Waals surface area (Å²) in [6.07, 6.45) is 7.69. The second-order valence-corrected chi connectivity index (χ2v) is 5.62. The van der Waals surface area contributed by atoms with E-state index >= 15 is 0 Å². The van der Waals surface area contributed by atoms with Crippen molar-refractivity contribution in [3.8, 4) is 11.3 Å². The molecule has 0 aromatic carbocycles. The van der Waals surface area contributed by atoms with Gasteiger partial charge in [-0.25, -0.2) is 15.0 Å². The summed E-state index contributed by atoms with van der Waals surface area (Å²) >= 11 is 0. The molecule has 0 atom stereocenters. The highest BCUT2D eigenvalue weighted by atomic mass is 15.3. The maximum atomic E-state index is 4.58. The zero-order chi connectivity index (χ0) is 16.5. The summed E-state index contributed by atoms with van der Waals surface area (Å²) in [6, 6.07) is 7.82. The Bertz CT molecular complexity index is 966. The zero-order valence-corrected chi connectivity index (χ0v) is 13.5. The second-order valence-electron chi connectivity index (χ2n) is 5.62. The maximum absolute atomic E-state index is 4.58. The number of aromatic nitrogens is 6. The molecule has 4 aromatic rings. The third-order valence-corrected chi connectivity index (χ3v) is 3.79. The Morgan fingerprint density at radius 2 is 2.04 bits per heavy atom. The molecule has 0 fully saturated rings. The molecule has 0 unspecified atom stereocenters. The molecule has 7 heteroatoms. The van der Waals surface area contributed by atoms with Crippen molar-refractivity contribution in [2.45, 2.75) is 13.5 Å². The summed E-state index contributed by atoms with van der Waals surface area (Å²) in [4.78, 5) is 13.4. The SMILES string of the molecule is Cc1nn(C)cc1-c1ccnc(NCc2cn3ccccc3n2)n1. The van der Waals surface area contributed by atoms with E-state index in [1.807, 2.05) is 61.2 Å². The predicted molar refractivity (Wildman–Crippen MR) is 91.5 cm³/mol. The Labute approximate surface area is 139 Å². The van der Waals surface area contributed by atoms with Crippen LogP contribution in [0.4, 0.5) is 5.95 Å². The lowest BCUT2D eigenvalue weighted by atomic mass is 10.2. The van der Waals surface area contributed by atoms with E-state index in [1.165, 1.54) is 0 Å². The lowest BCUT2D eigenvalue weighted by Crippen LogP contribution is -2.04. The largest absolute Gasteiger partial charge is 0.348 e. The molecule has 0 aliphatic heterocycles. The Morgan fingerprint density at radius 1 is 1.12 bits per heavy atom. The second kappa shape index (κ2) is 5.77. The quantitative estimate of drug-likeness (QED) is 0.625. The summed E-state index contributed by atoms with van der Waals surface area (Å²) in [7, 11) is 1.90. The molecule has 24 heavy (non-hydrogen) atoms. The number of hydrogen-bond donors (Lipinski definition) is 1. The molecule has 0 amide bonds. The van der Waals surface area contributed by atoms with E-state index in [0.29, 0.717) is 12.5 Å². The number of hydrogen-bond acceptors (Lipinski definition) is 5. The van der Waals surface area contributed by atoms with Gasteiger partial charge >= 0.3 is 0 Å². The van der Waals surface area contributed by atoms with Gasteiger partial charge in [0.05, 0.1) is 23.6 Å². The van der Waals surface area contributed by atoms with Crippen molar-refractivity contribution in [1.29, 1.82) is 0 Å². The van der Waals surface area contributed by atoms with Crippen LogP contribution in [-0.2, 0) is 13.6 Å². The molecule has 7 nitrogen and oxygen atoms in total. The minimum atomic E-state index is 0.567. The highest BCUT2D eigenvalue weighted by Crippen LogP contribution is 2.20. The Hall–Kier alpha value is -3.22. The Kier molecular flexibility index (Phi) is 3.45. The Morgan fingerprint density at radius 3 is 2.83 bits per heavy atom. The van der Waals surface area contributed by atoms with Gasteiger partial charge in [0.1, 0.15) is 5.65 Å². The highest BCUT2D eigenvalue weighted by molar-refractivity contribution is 5.61. The van der Waals surface area contributed by atoms with Crippen molar-refractivity contribution in [2.75, 3.05) is 5.32 Å². The van der Waals surface area contributed by atoms with E-state index in [-0.39, 0.29) is 0 Å². The third-order valence-electron chi connectivity index (χ3n) is 3.79. The lowest BCUT2D eigenvalue weighted by molar-refractivity contribution is 0.756. The molecule has 4 rings (SSSR count). The molecular weight excluding hydrogens is 302 g/mol. The van der Waals surface area contributed by atoms with Crippen LogP contribution in [0.25, 0.3) is 16.9 Å². The van der Waals surface area contributed by atoms with Gasteiger partial charge in [0.2, 0.25) is 5.95 Å². The molecule has 4 aromatic heterocycles. The Balaban J connectivity index is 1.54. The number of imidazole rings is 1. The molecular formula is C17H17N7. The van der Waals surface area contributed by atoms with Crippen LogP contribution in [0.15, 0.2) is 49.1 Å². The van der Waals surface area contributed by atoms with Gasteiger partial charge in [-0.1, -0.05) is 6.07 Å². The van der Waals surface area contributed by atoms with Crippen molar-refractivity contribution < 1.29 is 0 Å². The third kappa shape index (κ3) is 2.71. The number of nitrogens with zero attached hydrogens (tertiary/aromatic N) is 6. The molecule has 0 radical (unpaired) electrons. The molecule has 0 saturated carbocycles. The van der Waals surface area contributed by atoms with Crippen molar-refractivity contribution in [3.63, 3.8) is 0 Å². The standard InChI is InChI=1S/C17H17N7/c1-12-14(11-23(2)22-12)15-6-7-18-17(21-15)19-9-13-10-24-8-4-3-5-16(24)20-13/h3-8,10-11H,9H2,1-2H3,(H,18,19,21). The summed E-state index contributed by atoms with van der Waals surface area (Å²) < 4.78 is 3.78. The minimum absolute atomic E-state index is 0.567. The van der Waals surface area contributed by atoms with Gasteiger partial charge in [0, 0.05) is 37.4 Å². The number of anilines is 1. The van der Waals surface area contributed by atoms with Gasteiger partial charge in [-0.15, -0.1) is 0 Å². The number of rotatable bonds is 4. The van der Waals surface area contributed by atoms with Crippen LogP contribution in [0.1, 0.15) is 11.4 Å². The monoisotopic (exact) mass is 319 g/mol. The fraction of sp³-hybridized carbons (Fsp3) is 0.176. The molecule has 0 aliphatic rings. The molecule has 0 aliphatic carbocycles. The number of nitrogens with one attached hydrogen (secondary N) is 1. The van der Waals surface area contributed by atoms with E-state index in [4.69, 9.17) is 0 Å². The average Bonchev–Trinajstić information content (AvgIpc) is 3.15. The van der Waals surface area contributed by atoms with Crippen LogP contribution in [0.3, 0.4) is 0 Å². The van der Waals surface area contributed by atoms with Crippen molar-refractivity contribution in [3.05, 3.63) is 60.4 Å². The normalized spacial score (nSPS) is 11.1. The number of pyridine rings is 1. The van der Waals surface area contributed by atoms with Gasteiger partial charge in [-0.05, 0) is 25.1 Å². The first-order chi connectivity index (χ1) is 11.7. The number of fused-ring (bicyclic) bond motifs is 1. The maximum Gasteiger partial charge on any atom is 0.223 e. The zero-order valence-electron chi connectivity index (χ0n) is 13.5. The van der Waals surface area contributed by atoms with Gasteiger partial charge in [0.25, 0.3) is 0 Å². The van der Waals surface area contributed by atoms with Gasteiger partial charge in [-0.2, -0.15) is 5.10 Å². The first kappa shape index (κ1) is 14.4. The lowest BCUT2D eigenvalue weighted by Gasteiger charge is -2.04. The minimum Gasteiger partial charge on any atom is -0.348 e. The van der Waals surface area contributed by atoms with Gasteiger partial charge in [-0.3, -0.25) is 4.68 Å². The molecule has 1 N–H and O–H groups in total. The average molecular weight is 319 g/mol. The van der Waals surface area contributed by atoms with Gasteiger partial charge < -0.3 is 9.72 Å².